The molecule has 1 aromatic rings. The van der Waals surface area contributed by atoms with Gasteiger partial charge in [0, 0.05) is 31.6 Å². The molecule has 0 N–H and O–H groups in total. The van der Waals surface area contributed by atoms with Gasteiger partial charge in [0.2, 0.25) is 11.8 Å². The quantitative estimate of drug-likeness (QED) is 0.846. The van der Waals surface area contributed by atoms with Crippen LogP contribution in [0.5, 0.6) is 0 Å². The lowest BCUT2D eigenvalue weighted by molar-refractivity contribution is -0.147. The van der Waals surface area contributed by atoms with E-state index in [9.17, 15) is 14.0 Å². The van der Waals surface area contributed by atoms with Gasteiger partial charge in [-0.05, 0) is 49.8 Å². The molecule has 5 heteroatoms. The van der Waals surface area contributed by atoms with Gasteiger partial charge in [-0.15, -0.1) is 0 Å². The summed E-state index contributed by atoms with van der Waals surface area (Å²) in [4.78, 5) is 29.6. The van der Waals surface area contributed by atoms with Crippen molar-refractivity contribution in [2.24, 2.45) is 10.8 Å². The summed E-state index contributed by atoms with van der Waals surface area (Å²) in [5, 5.41) is 0. The van der Waals surface area contributed by atoms with Crippen molar-refractivity contribution < 1.29 is 14.0 Å². The van der Waals surface area contributed by atoms with E-state index in [1.165, 1.54) is 12.1 Å². The van der Waals surface area contributed by atoms with Crippen LogP contribution in [0.3, 0.4) is 0 Å². The van der Waals surface area contributed by atoms with Gasteiger partial charge in [-0.3, -0.25) is 9.59 Å². The first-order valence-corrected chi connectivity index (χ1v) is 9.25. The van der Waals surface area contributed by atoms with Crippen molar-refractivity contribution in [1.82, 2.24) is 9.80 Å². The zero-order valence-corrected chi connectivity index (χ0v) is 14.8. The minimum absolute atomic E-state index is 0.166. The second-order valence-electron chi connectivity index (χ2n) is 8.27. The number of likely N-dealkylation sites (tertiary alicyclic amines) is 2. The van der Waals surface area contributed by atoms with E-state index in [0.717, 1.165) is 44.2 Å². The van der Waals surface area contributed by atoms with Crippen molar-refractivity contribution >= 4 is 11.8 Å². The minimum Gasteiger partial charge on any atom is -0.341 e. The zero-order chi connectivity index (χ0) is 17.7. The molecule has 2 amide bonds. The average molecular weight is 344 g/mol. The molecule has 0 unspecified atom stereocenters. The molecule has 0 aromatic heterocycles. The summed E-state index contributed by atoms with van der Waals surface area (Å²) in [6.45, 7) is 4.56. The molecule has 4 rings (SSSR count). The van der Waals surface area contributed by atoms with Crippen molar-refractivity contribution in [2.75, 3.05) is 19.6 Å². The highest BCUT2D eigenvalue weighted by molar-refractivity contribution is 5.88. The van der Waals surface area contributed by atoms with E-state index in [-0.39, 0.29) is 23.0 Å². The Bertz CT molecular complexity index is 698. The lowest BCUT2D eigenvalue weighted by Crippen LogP contribution is -2.50. The van der Waals surface area contributed by atoms with Gasteiger partial charge in [-0.25, -0.2) is 4.39 Å². The molecule has 1 saturated carbocycles. The molecule has 3 aliphatic rings. The Balaban J connectivity index is 1.46. The Morgan fingerprint density at radius 3 is 2.52 bits per heavy atom. The van der Waals surface area contributed by atoms with Crippen LogP contribution < -0.4 is 0 Å². The van der Waals surface area contributed by atoms with Gasteiger partial charge in [-0.1, -0.05) is 19.1 Å². The number of amides is 2. The van der Waals surface area contributed by atoms with Gasteiger partial charge in [0.05, 0.1) is 5.41 Å². The number of benzene rings is 1. The number of hydrogen-bond acceptors (Lipinski definition) is 2. The van der Waals surface area contributed by atoms with E-state index in [1.54, 1.807) is 12.1 Å². The third-order valence-corrected chi connectivity index (χ3v) is 6.27. The molecule has 0 radical (unpaired) electrons. The Morgan fingerprint density at radius 2 is 1.84 bits per heavy atom. The van der Waals surface area contributed by atoms with Gasteiger partial charge in [0.15, 0.2) is 0 Å². The number of carbonyl (C=O) groups is 2. The third kappa shape index (κ3) is 2.94. The third-order valence-electron chi connectivity index (χ3n) is 6.27. The number of rotatable bonds is 3. The fraction of sp³-hybridized carbons (Fsp3) is 0.600. The summed E-state index contributed by atoms with van der Waals surface area (Å²) in [5.41, 5.74) is 0.374. The lowest BCUT2D eigenvalue weighted by Gasteiger charge is -2.39. The second kappa shape index (κ2) is 5.82. The molecule has 25 heavy (non-hydrogen) atoms. The van der Waals surface area contributed by atoms with Crippen molar-refractivity contribution in [3.8, 4) is 0 Å². The van der Waals surface area contributed by atoms with E-state index in [4.69, 9.17) is 0 Å². The molecule has 4 nitrogen and oxygen atoms in total. The van der Waals surface area contributed by atoms with Crippen LogP contribution in [-0.2, 0) is 16.1 Å². The molecule has 1 aliphatic carbocycles. The number of hydrogen-bond donors (Lipinski definition) is 0. The molecule has 0 bridgehead atoms. The molecule has 2 heterocycles. The average Bonchev–Trinajstić information content (AvgIpc) is 3.21. The predicted octanol–water partition coefficient (Wildman–Crippen LogP) is 2.97. The van der Waals surface area contributed by atoms with Crippen LogP contribution >= 0.6 is 0 Å². The zero-order valence-electron chi connectivity index (χ0n) is 14.8. The highest BCUT2D eigenvalue weighted by atomic mass is 19.1. The molecule has 1 atom stereocenters. The van der Waals surface area contributed by atoms with E-state index in [0.29, 0.717) is 19.6 Å². The SMILES string of the molecule is CC1(C(=O)N2CC[C@@]3(CCCN(Cc4ccc(F)cc4)C3=O)C2)CC1. The molecule has 2 saturated heterocycles. The first-order chi connectivity index (χ1) is 11.9. The van der Waals surface area contributed by atoms with Crippen LogP contribution in [0.4, 0.5) is 4.39 Å². The second-order valence-corrected chi connectivity index (χ2v) is 8.27. The van der Waals surface area contributed by atoms with Crippen LogP contribution in [0, 0.1) is 16.6 Å². The van der Waals surface area contributed by atoms with Crippen LogP contribution in [0.25, 0.3) is 0 Å². The van der Waals surface area contributed by atoms with E-state index in [1.807, 2.05) is 16.7 Å². The maximum atomic E-state index is 13.2. The highest BCUT2D eigenvalue weighted by Gasteiger charge is 2.54. The van der Waals surface area contributed by atoms with Crippen LogP contribution in [-0.4, -0.2) is 41.2 Å². The van der Waals surface area contributed by atoms with Crippen molar-refractivity contribution in [3.63, 3.8) is 0 Å². The number of carbonyl (C=O) groups excluding carboxylic acids is 2. The van der Waals surface area contributed by atoms with E-state index in [2.05, 4.69) is 0 Å². The van der Waals surface area contributed by atoms with Crippen molar-refractivity contribution in [1.29, 1.82) is 0 Å². The van der Waals surface area contributed by atoms with Crippen molar-refractivity contribution in [3.05, 3.63) is 35.6 Å². The molecule has 3 fully saturated rings. The molecular formula is C20H25FN2O2. The van der Waals surface area contributed by atoms with Gasteiger partial charge in [0.1, 0.15) is 5.82 Å². The van der Waals surface area contributed by atoms with Gasteiger partial charge < -0.3 is 9.80 Å². The first-order valence-electron chi connectivity index (χ1n) is 9.25. The largest absolute Gasteiger partial charge is 0.341 e. The summed E-state index contributed by atoms with van der Waals surface area (Å²) in [6.07, 6.45) is 4.55. The van der Waals surface area contributed by atoms with Gasteiger partial charge in [-0.2, -0.15) is 0 Å². The van der Waals surface area contributed by atoms with E-state index >= 15 is 0 Å². The Kier molecular flexibility index (Phi) is 3.85. The van der Waals surface area contributed by atoms with Crippen molar-refractivity contribution in [2.45, 2.75) is 45.6 Å². The molecule has 1 spiro atoms. The monoisotopic (exact) mass is 344 g/mol. The predicted molar refractivity (Wildman–Crippen MR) is 92.0 cm³/mol. The topological polar surface area (TPSA) is 40.6 Å². The summed E-state index contributed by atoms with van der Waals surface area (Å²) in [5.74, 6) is 0.135. The maximum Gasteiger partial charge on any atom is 0.230 e. The van der Waals surface area contributed by atoms with Crippen LogP contribution in [0.1, 0.15) is 44.6 Å². The smallest absolute Gasteiger partial charge is 0.230 e. The minimum atomic E-state index is -0.404. The highest BCUT2D eigenvalue weighted by Crippen LogP contribution is 2.49. The summed E-state index contributed by atoms with van der Waals surface area (Å²) < 4.78 is 13.1. The van der Waals surface area contributed by atoms with E-state index < -0.39 is 5.41 Å². The Hall–Kier alpha value is -1.91. The van der Waals surface area contributed by atoms with Gasteiger partial charge >= 0.3 is 0 Å². The number of nitrogens with zero attached hydrogens (tertiary/aromatic N) is 2. The molecule has 2 aliphatic heterocycles. The fourth-order valence-corrected chi connectivity index (χ4v) is 4.32. The molecule has 134 valence electrons. The van der Waals surface area contributed by atoms with Crippen LogP contribution in [0.2, 0.25) is 0 Å². The van der Waals surface area contributed by atoms with Crippen LogP contribution in [0.15, 0.2) is 24.3 Å². The van der Waals surface area contributed by atoms with Gasteiger partial charge in [0.25, 0.3) is 0 Å². The Morgan fingerprint density at radius 1 is 1.12 bits per heavy atom. The number of piperidine rings is 1. The lowest BCUT2D eigenvalue weighted by atomic mass is 9.78. The normalized spacial score (nSPS) is 27.8. The molecule has 1 aromatic carbocycles. The Labute approximate surface area is 148 Å². The fourth-order valence-electron chi connectivity index (χ4n) is 4.32. The summed E-state index contributed by atoms with van der Waals surface area (Å²) >= 11 is 0. The first kappa shape index (κ1) is 16.6. The summed E-state index contributed by atoms with van der Waals surface area (Å²) in [7, 11) is 0. The molecular weight excluding hydrogens is 319 g/mol. The number of halogens is 1. The standard InChI is InChI=1S/C20H25FN2O2/c1-19(8-9-19)17(24)23-12-10-20(14-23)7-2-11-22(18(20)25)13-15-3-5-16(21)6-4-15/h3-6H,2,7-14H2,1H3/t20-/m0/s1. The summed E-state index contributed by atoms with van der Waals surface area (Å²) in [6, 6.07) is 6.35. The maximum absolute atomic E-state index is 13.2.